The first kappa shape index (κ1) is 14.3. The maximum atomic E-state index is 4.14. The molecule has 1 N–H and O–H groups in total. The average molecular weight is 284 g/mol. The van der Waals surface area contributed by atoms with Gasteiger partial charge in [0.15, 0.2) is 0 Å². The largest absolute Gasteiger partial charge is 0.310 e. The Balaban J connectivity index is 1.53. The molecule has 0 unspecified atom stereocenters. The second-order valence-corrected chi connectivity index (χ2v) is 6.03. The van der Waals surface area contributed by atoms with Gasteiger partial charge in [0.05, 0.1) is 5.69 Å². The lowest BCUT2D eigenvalue weighted by atomic mass is 9.84. The number of nitrogens with one attached hydrogen (secondary N) is 1. The monoisotopic (exact) mass is 284 g/mol. The van der Waals surface area contributed by atoms with Crippen molar-refractivity contribution in [2.45, 2.75) is 51.6 Å². The van der Waals surface area contributed by atoms with Crippen molar-refractivity contribution < 1.29 is 0 Å². The van der Waals surface area contributed by atoms with E-state index in [1.165, 1.54) is 37.7 Å². The Morgan fingerprint density at radius 2 is 2.10 bits per heavy atom. The highest BCUT2D eigenvalue weighted by atomic mass is 15.3. The van der Waals surface area contributed by atoms with E-state index in [4.69, 9.17) is 0 Å². The van der Waals surface area contributed by atoms with Crippen molar-refractivity contribution >= 4 is 0 Å². The molecule has 4 heteroatoms. The highest BCUT2D eigenvalue weighted by molar-refractivity contribution is 5.33. The summed E-state index contributed by atoms with van der Waals surface area (Å²) in [5.41, 5.74) is 2.39. The van der Waals surface area contributed by atoms with Crippen LogP contribution in [0.4, 0.5) is 0 Å². The molecule has 0 amide bonds. The van der Waals surface area contributed by atoms with Crippen molar-refractivity contribution in [3.05, 3.63) is 42.5 Å². The van der Waals surface area contributed by atoms with Gasteiger partial charge in [0.1, 0.15) is 12.7 Å². The zero-order chi connectivity index (χ0) is 14.5. The lowest BCUT2D eigenvalue weighted by Gasteiger charge is -2.29. The summed E-state index contributed by atoms with van der Waals surface area (Å²) in [7, 11) is 0. The fourth-order valence-electron chi connectivity index (χ4n) is 3.22. The van der Waals surface area contributed by atoms with Gasteiger partial charge in [-0.25, -0.2) is 9.67 Å². The van der Waals surface area contributed by atoms with E-state index in [2.05, 4.69) is 46.6 Å². The number of hydrogen-bond donors (Lipinski definition) is 1. The molecule has 1 fully saturated rings. The molecule has 0 spiro atoms. The van der Waals surface area contributed by atoms with Crippen LogP contribution >= 0.6 is 0 Å². The Morgan fingerprint density at radius 3 is 2.81 bits per heavy atom. The first-order valence-electron chi connectivity index (χ1n) is 8.02. The molecule has 1 aliphatic rings. The normalized spacial score (nSPS) is 22.3. The van der Waals surface area contributed by atoms with E-state index in [0.29, 0.717) is 6.04 Å². The van der Waals surface area contributed by atoms with Crippen LogP contribution in [0.5, 0.6) is 0 Å². The minimum Gasteiger partial charge on any atom is -0.310 e. The van der Waals surface area contributed by atoms with Crippen LogP contribution in [-0.4, -0.2) is 20.8 Å². The Bertz CT molecular complexity index is 532. The van der Waals surface area contributed by atoms with Gasteiger partial charge >= 0.3 is 0 Å². The van der Waals surface area contributed by atoms with E-state index in [1.807, 2.05) is 0 Å². The molecule has 2 atom stereocenters. The van der Waals surface area contributed by atoms with E-state index in [0.717, 1.165) is 18.2 Å². The van der Waals surface area contributed by atoms with E-state index in [-0.39, 0.29) is 0 Å². The van der Waals surface area contributed by atoms with Crippen LogP contribution in [0.1, 0.15) is 44.6 Å². The van der Waals surface area contributed by atoms with E-state index in [1.54, 1.807) is 17.3 Å². The van der Waals surface area contributed by atoms with Gasteiger partial charge in [0.25, 0.3) is 0 Å². The van der Waals surface area contributed by atoms with Gasteiger partial charge in [-0.05, 0) is 36.5 Å². The van der Waals surface area contributed by atoms with Crippen LogP contribution in [0.25, 0.3) is 5.69 Å². The highest BCUT2D eigenvalue weighted by Crippen LogP contribution is 2.26. The molecule has 1 aliphatic carbocycles. The molecule has 1 aromatic carbocycles. The topological polar surface area (TPSA) is 42.7 Å². The smallest absolute Gasteiger partial charge is 0.138 e. The summed E-state index contributed by atoms with van der Waals surface area (Å²) in [4.78, 5) is 3.97. The lowest BCUT2D eigenvalue weighted by molar-refractivity contribution is 0.278. The Kier molecular flexibility index (Phi) is 4.65. The van der Waals surface area contributed by atoms with E-state index in [9.17, 15) is 0 Å². The number of aromatic nitrogens is 3. The van der Waals surface area contributed by atoms with Crippen LogP contribution in [0.3, 0.4) is 0 Å². The maximum absolute atomic E-state index is 4.14. The fourth-order valence-corrected chi connectivity index (χ4v) is 3.22. The third-order valence-corrected chi connectivity index (χ3v) is 4.57. The highest BCUT2D eigenvalue weighted by Gasteiger charge is 2.19. The van der Waals surface area contributed by atoms with Gasteiger partial charge in [0.2, 0.25) is 0 Å². The van der Waals surface area contributed by atoms with Crippen molar-refractivity contribution in [3.63, 3.8) is 0 Å². The third kappa shape index (κ3) is 3.70. The molecule has 1 saturated carbocycles. The first-order chi connectivity index (χ1) is 10.3. The molecule has 0 radical (unpaired) electrons. The summed E-state index contributed by atoms with van der Waals surface area (Å²) in [5, 5.41) is 7.86. The number of benzene rings is 1. The zero-order valence-corrected chi connectivity index (χ0v) is 12.7. The minimum atomic E-state index is 0.693. The van der Waals surface area contributed by atoms with Crippen molar-refractivity contribution in [2.75, 3.05) is 0 Å². The molecule has 2 aromatic rings. The molecule has 4 nitrogen and oxygen atoms in total. The van der Waals surface area contributed by atoms with Crippen molar-refractivity contribution in [3.8, 4) is 5.69 Å². The molecule has 0 aliphatic heterocycles. The zero-order valence-electron chi connectivity index (χ0n) is 12.7. The van der Waals surface area contributed by atoms with Crippen molar-refractivity contribution in [1.29, 1.82) is 0 Å². The van der Waals surface area contributed by atoms with E-state index < -0.39 is 0 Å². The quantitative estimate of drug-likeness (QED) is 0.916. The van der Waals surface area contributed by atoms with Crippen LogP contribution in [0, 0.1) is 5.92 Å². The molecule has 0 bridgehead atoms. The molecule has 1 heterocycles. The summed E-state index contributed by atoms with van der Waals surface area (Å²) in [6.45, 7) is 3.27. The summed E-state index contributed by atoms with van der Waals surface area (Å²) in [6.07, 6.45) is 10.1. The Labute approximate surface area is 126 Å². The molecular weight excluding hydrogens is 260 g/mol. The van der Waals surface area contributed by atoms with Crippen LogP contribution in [-0.2, 0) is 6.54 Å². The maximum Gasteiger partial charge on any atom is 0.138 e. The Morgan fingerprint density at radius 1 is 1.24 bits per heavy atom. The minimum absolute atomic E-state index is 0.693. The van der Waals surface area contributed by atoms with Crippen LogP contribution in [0.15, 0.2) is 36.9 Å². The molecule has 112 valence electrons. The second kappa shape index (κ2) is 6.85. The van der Waals surface area contributed by atoms with Gasteiger partial charge in [0, 0.05) is 12.6 Å². The van der Waals surface area contributed by atoms with Crippen molar-refractivity contribution in [1.82, 2.24) is 20.1 Å². The molecular formula is C17H24N4. The third-order valence-electron chi connectivity index (χ3n) is 4.57. The second-order valence-electron chi connectivity index (χ2n) is 6.03. The van der Waals surface area contributed by atoms with Gasteiger partial charge in [-0.2, -0.15) is 5.10 Å². The van der Waals surface area contributed by atoms with Crippen molar-refractivity contribution in [2.24, 2.45) is 5.92 Å². The number of rotatable bonds is 5. The number of hydrogen-bond acceptors (Lipinski definition) is 3. The molecule has 1 aromatic heterocycles. The number of nitrogens with zero attached hydrogens (tertiary/aromatic N) is 3. The predicted molar refractivity (Wildman–Crippen MR) is 84.2 cm³/mol. The molecule has 21 heavy (non-hydrogen) atoms. The summed E-state index contributed by atoms with van der Waals surface area (Å²) < 4.78 is 1.78. The van der Waals surface area contributed by atoms with E-state index >= 15 is 0 Å². The summed E-state index contributed by atoms with van der Waals surface area (Å²) >= 11 is 0. The Hall–Kier alpha value is -1.68. The van der Waals surface area contributed by atoms with Gasteiger partial charge in [-0.3, -0.25) is 0 Å². The summed E-state index contributed by atoms with van der Waals surface area (Å²) in [6, 6.07) is 9.23. The lowest BCUT2D eigenvalue weighted by Crippen LogP contribution is -2.33. The first-order valence-corrected chi connectivity index (χ1v) is 8.02. The fraction of sp³-hybridized carbons (Fsp3) is 0.529. The summed E-state index contributed by atoms with van der Waals surface area (Å²) in [5.74, 6) is 0.922. The van der Waals surface area contributed by atoms with Gasteiger partial charge in [-0.15, -0.1) is 0 Å². The molecule has 0 saturated heterocycles. The van der Waals surface area contributed by atoms with Crippen LogP contribution in [0.2, 0.25) is 0 Å². The SMILES string of the molecule is CC[C@@H]1CCC[C@H](NCc2ccc(-n3cncn3)cc2)C1. The van der Waals surface area contributed by atoms with Gasteiger partial charge in [-0.1, -0.05) is 38.3 Å². The average Bonchev–Trinajstić information content (AvgIpc) is 3.08. The molecule has 3 rings (SSSR count). The standard InChI is InChI=1S/C17H24N4/c1-2-14-4-3-5-16(10-14)19-11-15-6-8-17(9-7-15)21-13-18-12-20-21/h6-9,12-14,16,19H,2-5,10-11H2,1H3/t14-,16+/m1/s1. The van der Waals surface area contributed by atoms with Gasteiger partial charge < -0.3 is 5.32 Å². The predicted octanol–water partition coefficient (Wildman–Crippen LogP) is 3.33. The van der Waals surface area contributed by atoms with Crippen LogP contribution < -0.4 is 5.32 Å².